The zero-order valence-electron chi connectivity index (χ0n) is 13.4. The fraction of sp³-hybridized carbons (Fsp3) is 0.278. The number of hydrogen-bond acceptors (Lipinski definition) is 3. The summed E-state index contributed by atoms with van der Waals surface area (Å²) in [5.41, 5.74) is 0.588. The molecule has 0 saturated carbocycles. The van der Waals surface area contributed by atoms with Gasteiger partial charge in [0.2, 0.25) is 0 Å². The topological polar surface area (TPSA) is 32.8 Å². The van der Waals surface area contributed by atoms with Crippen LogP contribution in [0.4, 0.5) is 10.1 Å². The maximum atomic E-state index is 13.9. The molecule has 1 aliphatic rings. The van der Waals surface area contributed by atoms with Crippen LogP contribution >= 0.6 is 31.9 Å². The Labute approximate surface area is 162 Å². The summed E-state index contributed by atoms with van der Waals surface area (Å²) in [7, 11) is 0. The van der Waals surface area contributed by atoms with E-state index in [0.29, 0.717) is 37.6 Å². The Morgan fingerprint density at radius 2 is 1.80 bits per heavy atom. The predicted octanol–water partition coefficient (Wildman–Crippen LogP) is 4.08. The standard InChI is InChI=1S/C18H17Br2FN2O2/c19-13-5-6-17(14(20)11-13)25-12-18(24)23-9-7-22(8-10-23)16-4-2-1-3-15(16)21/h1-6,11H,7-10,12H2. The molecule has 1 amide bonds. The third-order valence-electron chi connectivity index (χ3n) is 4.07. The second kappa shape index (κ2) is 8.19. The molecule has 3 rings (SSSR count). The van der Waals surface area contributed by atoms with E-state index < -0.39 is 0 Å². The molecule has 0 spiro atoms. The monoisotopic (exact) mass is 470 g/mol. The predicted molar refractivity (Wildman–Crippen MR) is 103 cm³/mol. The van der Waals surface area contributed by atoms with Crippen molar-refractivity contribution in [2.75, 3.05) is 37.7 Å². The summed E-state index contributed by atoms with van der Waals surface area (Å²) in [5, 5.41) is 0. The molecule has 1 heterocycles. The van der Waals surface area contributed by atoms with E-state index in [1.807, 2.05) is 23.1 Å². The van der Waals surface area contributed by atoms with E-state index >= 15 is 0 Å². The quantitative estimate of drug-likeness (QED) is 0.673. The van der Waals surface area contributed by atoms with E-state index in [-0.39, 0.29) is 18.3 Å². The lowest BCUT2D eigenvalue weighted by molar-refractivity contribution is -0.133. The summed E-state index contributed by atoms with van der Waals surface area (Å²) in [6.45, 7) is 2.30. The van der Waals surface area contributed by atoms with E-state index in [1.165, 1.54) is 6.07 Å². The summed E-state index contributed by atoms with van der Waals surface area (Å²) < 4.78 is 21.2. The van der Waals surface area contributed by atoms with Gasteiger partial charge in [-0.15, -0.1) is 0 Å². The van der Waals surface area contributed by atoms with Gasteiger partial charge < -0.3 is 14.5 Å². The van der Waals surface area contributed by atoms with Gasteiger partial charge in [0.05, 0.1) is 10.2 Å². The molecule has 0 unspecified atom stereocenters. The minimum absolute atomic E-state index is 0.0140. The van der Waals surface area contributed by atoms with E-state index in [4.69, 9.17) is 4.74 Å². The van der Waals surface area contributed by atoms with Gasteiger partial charge in [-0.05, 0) is 46.3 Å². The summed E-state index contributed by atoms with van der Waals surface area (Å²) in [6.07, 6.45) is 0. The number of halogens is 3. The summed E-state index contributed by atoms with van der Waals surface area (Å²) in [4.78, 5) is 16.1. The Kier molecular flexibility index (Phi) is 5.96. The molecule has 0 aromatic heterocycles. The van der Waals surface area contributed by atoms with Crippen LogP contribution in [0.5, 0.6) is 5.75 Å². The minimum Gasteiger partial charge on any atom is -0.483 e. The van der Waals surface area contributed by atoms with Crippen LogP contribution in [0.2, 0.25) is 0 Å². The molecular formula is C18H17Br2FN2O2. The zero-order valence-corrected chi connectivity index (χ0v) is 16.6. The number of nitrogens with zero attached hydrogens (tertiary/aromatic N) is 2. The molecule has 7 heteroatoms. The van der Waals surface area contributed by atoms with Crippen molar-refractivity contribution < 1.29 is 13.9 Å². The number of piperazine rings is 1. The summed E-state index contributed by atoms with van der Waals surface area (Å²) in [6, 6.07) is 12.2. The first-order chi connectivity index (χ1) is 12.0. The first-order valence-electron chi connectivity index (χ1n) is 7.89. The number of ether oxygens (including phenoxy) is 1. The molecule has 1 fully saturated rings. The average Bonchev–Trinajstić information content (AvgIpc) is 2.61. The molecule has 0 radical (unpaired) electrons. The van der Waals surface area contributed by atoms with Crippen molar-refractivity contribution in [1.29, 1.82) is 0 Å². The average molecular weight is 472 g/mol. The molecule has 4 nitrogen and oxygen atoms in total. The Morgan fingerprint density at radius 3 is 2.48 bits per heavy atom. The molecule has 0 atom stereocenters. The number of hydrogen-bond donors (Lipinski definition) is 0. The van der Waals surface area contributed by atoms with Crippen LogP contribution in [0.25, 0.3) is 0 Å². The molecule has 2 aromatic rings. The molecule has 1 saturated heterocycles. The highest BCUT2D eigenvalue weighted by molar-refractivity contribution is 9.11. The Morgan fingerprint density at radius 1 is 1.08 bits per heavy atom. The van der Waals surface area contributed by atoms with Gasteiger partial charge in [0, 0.05) is 30.7 Å². The normalized spacial score (nSPS) is 14.5. The fourth-order valence-corrected chi connectivity index (χ4v) is 3.89. The highest BCUT2D eigenvalue weighted by Crippen LogP contribution is 2.28. The van der Waals surface area contributed by atoms with Crippen LogP contribution < -0.4 is 9.64 Å². The highest BCUT2D eigenvalue weighted by atomic mass is 79.9. The first-order valence-corrected chi connectivity index (χ1v) is 9.48. The number of amides is 1. The van der Waals surface area contributed by atoms with Gasteiger partial charge in [-0.3, -0.25) is 4.79 Å². The maximum absolute atomic E-state index is 13.9. The number of carbonyl (C=O) groups is 1. The SMILES string of the molecule is O=C(COc1ccc(Br)cc1Br)N1CCN(c2ccccc2F)CC1. The van der Waals surface area contributed by atoms with Crippen molar-refractivity contribution in [3.63, 3.8) is 0 Å². The fourth-order valence-electron chi connectivity index (χ4n) is 2.73. The number of rotatable bonds is 4. The van der Waals surface area contributed by atoms with Gasteiger partial charge in [0.25, 0.3) is 5.91 Å². The van der Waals surface area contributed by atoms with Crippen molar-refractivity contribution in [2.24, 2.45) is 0 Å². The van der Waals surface area contributed by atoms with Gasteiger partial charge in [-0.25, -0.2) is 4.39 Å². The smallest absolute Gasteiger partial charge is 0.260 e. The molecular weight excluding hydrogens is 455 g/mol. The van der Waals surface area contributed by atoms with Crippen LogP contribution in [-0.2, 0) is 4.79 Å². The van der Waals surface area contributed by atoms with E-state index in [1.54, 1.807) is 23.1 Å². The van der Waals surface area contributed by atoms with Gasteiger partial charge in [0.15, 0.2) is 6.61 Å². The van der Waals surface area contributed by atoms with Crippen molar-refractivity contribution >= 4 is 43.5 Å². The molecule has 1 aliphatic heterocycles. The van der Waals surface area contributed by atoms with Crippen LogP contribution in [-0.4, -0.2) is 43.6 Å². The lowest BCUT2D eigenvalue weighted by Crippen LogP contribution is -2.50. The Bertz CT molecular complexity index is 764. The van der Waals surface area contributed by atoms with Gasteiger partial charge >= 0.3 is 0 Å². The van der Waals surface area contributed by atoms with Crippen LogP contribution in [0.15, 0.2) is 51.4 Å². The van der Waals surface area contributed by atoms with Crippen molar-refractivity contribution in [1.82, 2.24) is 4.90 Å². The van der Waals surface area contributed by atoms with E-state index in [2.05, 4.69) is 31.9 Å². The lowest BCUT2D eigenvalue weighted by Gasteiger charge is -2.36. The van der Waals surface area contributed by atoms with Crippen molar-refractivity contribution in [2.45, 2.75) is 0 Å². The second-order valence-corrected chi connectivity index (χ2v) is 7.45. The molecule has 0 bridgehead atoms. The number of benzene rings is 2. The van der Waals surface area contributed by atoms with Gasteiger partial charge in [-0.2, -0.15) is 0 Å². The Hall–Kier alpha value is -1.60. The maximum Gasteiger partial charge on any atom is 0.260 e. The largest absolute Gasteiger partial charge is 0.483 e. The third-order valence-corrected chi connectivity index (χ3v) is 5.18. The number of carbonyl (C=O) groups excluding carboxylic acids is 1. The Balaban J connectivity index is 1.52. The third kappa shape index (κ3) is 4.52. The van der Waals surface area contributed by atoms with E-state index in [0.717, 1.165) is 8.95 Å². The lowest BCUT2D eigenvalue weighted by atomic mass is 10.2. The van der Waals surface area contributed by atoms with Crippen molar-refractivity contribution in [3.05, 3.63) is 57.2 Å². The molecule has 132 valence electrons. The van der Waals surface area contributed by atoms with Crippen LogP contribution in [0.3, 0.4) is 0 Å². The van der Waals surface area contributed by atoms with Crippen molar-refractivity contribution in [3.8, 4) is 5.75 Å². The first kappa shape index (κ1) is 18.2. The summed E-state index contributed by atoms with van der Waals surface area (Å²) in [5.74, 6) is 0.329. The van der Waals surface area contributed by atoms with Crippen LogP contribution in [0, 0.1) is 5.82 Å². The van der Waals surface area contributed by atoms with E-state index in [9.17, 15) is 9.18 Å². The number of anilines is 1. The minimum atomic E-state index is -0.231. The highest BCUT2D eigenvalue weighted by Gasteiger charge is 2.23. The summed E-state index contributed by atoms with van der Waals surface area (Å²) >= 11 is 6.79. The molecule has 25 heavy (non-hydrogen) atoms. The zero-order chi connectivity index (χ0) is 17.8. The molecule has 0 N–H and O–H groups in total. The second-order valence-electron chi connectivity index (χ2n) is 5.68. The van der Waals surface area contributed by atoms with Crippen LogP contribution in [0.1, 0.15) is 0 Å². The molecule has 2 aromatic carbocycles. The van der Waals surface area contributed by atoms with Gasteiger partial charge in [0.1, 0.15) is 11.6 Å². The molecule has 0 aliphatic carbocycles. The number of para-hydroxylation sites is 1. The van der Waals surface area contributed by atoms with Gasteiger partial charge in [-0.1, -0.05) is 28.1 Å².